The third kappa shape index (κ3) is 2.92. The Morgan fingerprint density at radius 2 is 1.95 bits per heavy atom. The van der Waals surface area contributed by atoms with Crippen molar-refractivity contribution >= 4 is 5.69 Å². The highest BCUT2D eigenvalue weighted by molar-refractivity contribution is 5.45. The maximum Gasteiger partial charge on any atom is 0.248 e. The number of halogens is 2. The maximum absolute atomic E-state index is 12.9. The van der Waals surface area contributed by atoms with Crippen molar-refractivity contribution in [2.75, 3.05) is 31.1 Å². The minimum Gasteiger partial charge on any atom is -0.369 e. The quantitative estimate of drug-likeness (QED) is 0.849. The molecule has 1 aliphatic carbocycles. The van der Waals surface area contributed by atoms with Crippen molar-refractivity contribution < 1.29 is 8.78 Å². The van der Waals surface area contributed by atoms with Gasteiger partial charge in [-0.2, -0.15) is 0 Å². The van der Waals surface area contributed by atoms with Crippen LogP contribution in [0.4, 0.5) is 14.5 Å². The fraction of sp³-hybridized carbons (Fsp3) is 0.667. The first-order valence-electron chi connectivity index (χ1n) is 7.30. The fourth-order valence-electron chi connectivity index (χ4n) is 3.30. The van der Waals surface area contributed by atoms with Crippen LogP contribution in [0.5, 0.6) is 0 Å². The van der Waals surface area contributed by atoms with Crippen LogP contribution >= 0.6 is 0 Å². The van der Waals surface area contributed by atoms with Crippen LogP contribution in [0.25, 0.3) is 0 Å². The second-order valence-electron chi connectivity index (χ2n) is 6.13. The summed E-state index contributed by atoms with van der Waals surface area (Å²) in [6.45, 7) is 5.86. The summed E-state index contributed by atoms with van der Waals surface area (Å²) in [5.74, 6) is -2.22. The lowest BCUT2D eigenvalue weighted by Gasteiger charge is -2.45. The number of pyridine rings is 1. The number of nitrogens with zero attached hydrogens (tertiary/aromatic N) is 3. The van der Waals surface area contributed by atoms with Gasteiger partial charge in [0.15, 0.2) is 0 Å². The van der Waals surface area contributed by atoms with Gasteiger partial charge in [0.25, 0.3) is 0 Å². The van der Waals surface area contributed by atoms with Gasteiger partial charge in [-0.25, -0.2) is 8.78 Å². The van der Waals surface area contributed by atoms with Crippen LogP contribution in [0.3, 0.4) is 0 Å². The van der Waals surface area contributed by atoms with E-state index in [9.17, 15) is 8.78 Å². The lowest BCUT2D eigenvalue weighted by Crippen LogP contribution is -2.55. The van der Waals surface area contributed by atoms with E-state index in [1.165, 1.54) is 5.69 Å². The number of hydrogen-bond donors (Lipinski definition) is 0. The first-order chi connectivity index (χ1) is 9.53. The minimum atomic E-state index is -2.40. The molecule has 1 unspecified atom stereocenters. The molecule has 0 N–H and O–H groups in total. The lowest BCUT2D eigenvalue weighted by molar-refractivity contribution is -0.118. The van der Waals surface area contributed by atoms with E-state index in [1.54, 1.807) is 0 Å². The summed E-state index contributed by atoms with van der Waals surface area (Å²) >= 11 is 0. The van der Waals surface area contributed by atoms with E-state index in [-0.39, 0.29) is 18.8 Å². The van der Waals surface area contributed by atoms with Crippen LogP contribution in [0.2, 0.25) is 0 Å². The number of piperazine rings is 1. The Kier molecular flexibility index (Phi) is 3.63. The summed E-state index contributed by atoms with van der Waals surface area (Å²) < 4.78 is 25.8. The van der Waals surface area contributed by atoms with Gasteiger partial charge < -0.3 is 4.90 Å². The molecular formula is C15H21F2N3. The average molecular weight is 281 g/mol. The Labute approximate surface area is 118 Å². The third-order valence-electron chi connectivity index (χ3n) is 4.46. The van der Waals surface area contributed by atoms with Crippen LogP contribution in [-0.4, -0.2) is 48.0 Å². The molecule has 1 saturated carbocycles. The monoisotopic (exact) mass is 281 g/mol. The molecule has 0 spiro atoms. The Hall–Kier alpha value is -1.23. The van der Waals surface area contributed by atoms with Gasteiger partial charge >= 0.3 is 0 Å². The predicted octanol–water partition coefficient (Wildman–Crippen LogP) is 2.64. The lowest BCUT2D eigenvalue weighted by atomic mass is 9.80. The van der Waals surface area contributed by atoms with Crippen LogP contribution in [0.15, 0.2) is 24.5 Å². The molecule has 2 fully saturated rings. The highest BCUT2D eigenvalue weighted by Crippen LogP contribution is 2.42. The van der Waals surface area contributed by atoms with Gasteiger partial charge in [0.2, 0.25) is 5.92 Å². The normalized spacial score (nSPS) is 27.4. The molecular weight excluding hydrogens is 260 g/mol. The standard InChI is InChI=1S/C15H21F2N3/c1-12-10-20(14-2-4-18-5-3-14)7-6-19(12)11-13-8-15(16,17)9-13/h2-5,12-13H,6-11H2,1H3. The van der Waals surface area contributed by atoms with Gasteiger partial charge in [-0.3, -0.25) is 9.88 Å². The highest BCUT2D eigenvalue weighted by Gasteiger charge is 2.46. The molecule has 1 saturated heterocycles. The minimum absolute atomic E-state index is 0.0737. The molecule has 1 atom stereocenters. The zero-order valence-corrected chi connectivity index (χ0v) is 11.8. The summed E-state index contributed by atoms with van der Waals surface area (Å²) in [5, 5.41) is 0. The van der Waals surface area contributed by atoms with Gasteiger partial charge in [0, 0.05) is 63.1 Å². The van der Waals surface area contributed by atoms with Crippen molar-refractivity contribution in [2.45, 2.75) is 31.7 Å². The van der Waals surface area contributed by atoms with Crippen molar-refractivity contribution in [1.29, 1.82) is 0 Å². The molecule has 0 bridgehead atoms. The molecule has 3 nitrogen and oxygen atoms in total. The van der Waals surface area contributed by atoms with Crippen LogP contribution in [-0.2, 0) is 0 Å². The number of hydrogen-bond acceptors (Lipinski definition) is 3. The molecule has 3 rings (SSSR count). The summed E-state index contributed by atoms with van der Waals surface area (Å²) in [4.78, 5) is 8.74. The van der Waals surface area contributed by atoms with Gasteiger partial charge in [-0.1, -0.05) is 0 Å². The SMILES string of the molecule is CC1CN(c2ccncc2)CCN1CC1CC(F)(F)C1. The highest BCUT2D eigenvalue weighted by atomic mass is 19.3. The molecule has 0 aromatic carbocycles. The zero-order chi connectivity index (χ0) is 14.2. The van der Waals surface area contributed by atoms with E-state index < -0.39 is 5.92 Å². The first-order valence-corrected chi connectivity index (χ1v) is 7.30. The fourth-order valence-corrected chi connectivity index (χ4v) is 3.30. The predicted molar refractivity (Wildman–Crippen MR) is 75.2 cm³/mol. The largest absolute Gasteiger partial charge is 0.369 e. The first kappa shape index (κ1) is 13.7. The van der Waals surface area contributed by atoms with E-state index in [0.717, 1.165) is 26.2 Å². The second-order valence-corrected chi connectivity index (χ2v) is 6.13. The Balaban J connectivity index is 1.52. The molecule has 1 aromatic rings. The Bertz CT molecular complexity index is 444. The third-order valence-corrected chi connectivity index (χ3v) is 4.46. The maximum atomic E-state index is 12.9. The van der Waals surface area contributed by atoms with Crippen molar-refractivity contribution in [3.8, 4) is 0 Å². The number of alkyl halides is 2. The van der Waals surface area contributed by atoms with Crippen molar-refractivity contribution in [1.82, 2.24) is 9.88 Å². The zero-order valence-electron chi connectivity index (χ0n) is 11.8. The topological polar surface area (TPSA) is 19.4 Å². The second kappa shape index (κ2) is 5.28. The van der Waals surface area contributed by atoms with Crippen molar-refractivity contribution in [3.05, 3.63) is 24.5 Å². The van der Waals surface area contributed by atoms with Crippen LogP contribution < -0.4 is 4.90 Å². The average Bonchev–Trinajstić information content (AvgIpc) is 2.40. The Morgan fingerprint density at radius 1 is 1.25 bits per heavy atom. The molecule has 5 heteroatoms. The Morgan fingerprint density at radius 3 is 2.55 bits per heavy atom. The van der Waals surface area contributed by atoms with Crippen molar-refractivity contribution in [3.63, 3.8) is 0 Å². The summed E-state index contributed by atoms with van der Waals surface area (Å²) in [6.07, 6.45) is 3.76. The number of aromatic nitrogens is 1. The number of rotatable bonds is 3. The number of anilines is 1. The molecule has 0 amide bonds. The molecule has 20 heavy (non-hydrogen) atoms. The van der Waals surface area contributed by atoms with Gasteiger partial charge in [0.05, 0.1) is 0 Å². The van der Waals surface area contributed by atoms with Gasteiger partial charge in [0.1, 0.15) is 0 Å². The van der Waals surface area contributed by atoms with E-state index in [0.29, 0.717) is 6.04 Å². The van der Waals surface area contributed by atoms with E-state index in [2.05, 4.69) is 21.7 Å². The summed E-state index contributed by atoms with van der Waals surface area (Å²) in [6, 6.07) is 4.45. The van der Waals surface area contributed by atoms with Crippen LogP contribution in [0, 0.1) is 5.92 Å². The molecule has 1 aliphatic heterocycles. The smallest absolute Gasteiger partial charge is 0.248 e. The van der Waals surface area contributed by atoms with Gasteiger partial charge in [-0.05, 0) is 25.0 Å². The molecule has 110 valence electrons. The molecule has 2 aliphatic rings. The van der Waals surface area contributed by atoms with E-state index in [1.807, 2.05) is 24.5 Å². The molecule has 1 aromatic heterocycles. The van der Waals surface area contributed by atoms with Crippen LogP contribution in [0.1, 0.15) is 19.8 Å². The van der Waals surface area contributed by atoms with E-state index in [4.69, 9.17) is 0 Å². The summed E-state index contributed by atoms with van der Waals surface area (Å²) in [7, 11) is 0. The van der Waals surface area contributed by atoms with Gasteiger partial charge in [-0.15, -0.1) is 0 Å². The summed E-state index contributed by atoms with van der Waals surface area (Å²) in [5.41, 5.74) is 1.20. The molecule has 2 heterocycles. The molecule has 0 radical (unpaired) electrons. The van der Waals surface area contributed by atoms with E-state index >= 15 is 0 Å². The van der Waals surface area contributed by atoms with Crippen molar-refractivity contribution in [2.24, 2.45) is 5.92 Å².